The van der Waals surface area contributed by atoms with E-state index in [1.807, 2.05) is 6.92 Å². The van der Waals surface area contributed by atoms with Gasteiger partial charge in [0.25, 0.3) is 10.0 Å². The van der Waals surface area contributed by atoms with Crippen LogP contribution in [-0.4, -0.2) is 36.7 Å². The molecule has 5 nitrogen and oxygen atoms in total. The number of rotatable bonds is 4. The quantitative estimate of drug-likeness (QED) is 0.820. The van der Waals surface area contributed by atoms with Crippen LogP contribution < -0.4 is 0 Å². The van der Waals surface area contributed by atoms with Gasteiger partial charge >= 0.3 is 6.03 Å². The van der Waals surface area contributed by atoms with E-state index in [0.29, 0.717) is 18.7 Å². The molecule has 2 aromatic rings. The normalized spacial score (nSPS) is 14.5. The van der Waals surface area contributed by atoms with Crippen LogP contribution in [-0.2, 0) is 16.6 Å². The van der Waals surface area contributed by atoms with Gasteiger partial charge in [0.1, 0.15) is 5.82 Å². The van der Waals surface area contributed by atoms with E-state index in [1.165, 1.54) is 36.4 Å². The highest BCUT2D eigenvalue weighted by atomic mass is 32.2. The van der Waals surface area contributed by atoms with Gasteiger partial charge in [0.15, 0.2) is 0 Å². The standard InChI is InChI=1S/C19H21FN2O3S/c1-15-4-10-18(11-5-15)26(24,25)22(19(23)21-12-2-3-13-21)14-16-6-8-17(20)9-7-16/h4-11H,2-3,12-14H2,1H3. The van der Waals surface area contributed by atoms with Gasteiger partial charge in [0.05, 0.1) is 11.4 Å². The second-order valence-electron chi connectivity index (χ2n) is 6.43. The Kier molecular flexibility index (Phi) is 5.27. The summed E-state index contributed by atoms with van der Waals surface area (Å²) in [4.78, 5) is 14.5. The van der Waals surface area contributed by atoms with Gasteiger partial charge in [-0.2, -0.15) is 0 Å². The summed E-state index contributed by atoms with van der Waals surface area (Å²) in [5, 5.41) is 0. The Morgan fingerprint density at radius 1 is 1.04 bits per heavy atom. The second kappa shape index (κ2) is 7.45. The van der Waals surface area contributed by atoms with Crippen LogP contribution in [0.15, 0.2) is 53.4 Å². The van der Waals surface area contributed by atoms with Gasteiger partial charge in [-0.3, -0.25) is 0 Å². The largest absolute Gasteiger partial charge is 0.334 e. The van der Waals surface area contributed by atoms with E-state index in [9.17, 15) is 17.6 Å². The van der Waals surface area contributed by atoms with Crippen molar-refractivity contribution in [2.45, 2.75) is 31.2 Å². The molecule has 0 aromatic heterocycles. The third kappa shape index (κ3) is 3.88. The van der Waals surface area contributed by atoms with Crippen LogP contribution in [0.4, 0.5) is 9.18 Å². The van der Waals surface area contributed by atoms with E-state index >= 15 is 0 Å². The van der Waals surface area contributed by atoms with Crippen LogP contribution in [0.25, 0.3) is 0 Å². The van der Waals surface area contributed by atoms with Gasteiger partial charge in [-0.25, -0.2) is 21.9 Å². The zero-order valence-electron chi connectivity index (χ0n) is 14.6. The zero-order valence-corrected chi connectivity index (χ0v) is 15.4. The van der Waals surface area contributed by atoms with Crippen LogP contribution >= 0.6 is 0 Å². The van der Waals surface area contributed by atoms with Gasteiger partial charge < -0.3 is 4.90 Å². The molecule has 0 spiro atoms. The molecule has 0 unspecified atom stereocenters. The van der Waals surface area contributed by atoms with Crippen molar-refractivity contribution in [3.05, 3.63) is 65.5 Å². The van der Waals surface area contributed by atoms with Crippen molar-refractivity contribution in [2.24, 2.45) is 0 Å². The molecule has 2 amide bonds. The molecule has 26 heavy (non-hydrogen) atoms. The number of likely N-dealkylation sites (tertiary alicyclic amines) is 1. The molecular weight excluding hydrogens is 355 g/mol. The summed E-state index contributed by atoms with van der Waals surface area (Å²) in [6, 6.07) is 11.4. The number of hydrogen-bond donors (Lipinski definition) is 0. The molecule has 0 radical (unpaired) electrons. The minimum absolute atomic E-state index is 0.0674. The number of carbonyl (C=O) groups is 1. The number of aryl methyl sites for hydroxylation is 1. The molecule has 0 bridgehead atoms. The van der Waals surface area contributed by atoms with Crippen LogP contribution in [0.1, 0.15) is 24.0 Å². The number of amides is 2. The molecule has 0 atom stereocenters. The van der Waals surface area contributed by atoms with Crippen LogP contribution in [0.5, 0.6) is 0 Å². The molecule has 1 heterocycles. The summed E-state index contributed by atoms with van der Waals surface area (Å²) in [5.74, 6) is -0.410. The lowest BCUT2D eigenvalue weighted by Gasteiger charge is -2.27. The van der Waals surface area contributed by atoms with E-state index in [2.05, 4.69) is 0 Å². The van der Waals surface area contributed by atoms with Crippen molar-refractivity contribution >= 4 is 16.1 Å². The predicted octanol–water partition coefficient (Wildman–Crippen LogP) is 3.54. The first-order chi connectivity index (χ1) is 12.4. The molecule has 1 aliphatic rings. The average Bonchev–Trinajstić information content (AvgIpc) is 3.15. The fraction of sp³-hybridized carbons (Fsp3) is 0.316. The third-order valence-electron chi connectivity index (χ3n) is 4.44. The summed E-state index contributed by atoms with van der Waals surface area (Å²) >= 11 is 0. The number of urea groups is 1. The Morgan fingerprint density at radius 2 is 1.62 bits per heavy atom. The van der Waals surface area contributed by atoms with Crippen molar-refractivity contribution in [3.8, 4) is 0 Å². The fourth-order valence-electron chi connectivity index (χ4n) is 2.91. The maximum absolute atomic E-state index is 13.2. The number of nitrogens with zero attached hydrogens (tertiary/aromatic N) is 2. The molecule has 1 aliphatic heterocycles. The van der Waals surface area contributed by atoms with Crippen molar-refractivity contribution in [2.75, 3.05) is 13.1 Å². The zero-order chi connectivity index (χ0) is 18.7. The number of benzene rings is 2. The summed E-state index contributed by atoms with van der Waals surface area (Å²) in [6.07, 6.45) is 1.72. The highest BCUT2D eigenvalue weighted by Gasteiger charge is 2.33. The first-order valence-corrected chi connectivity index (χ1v) is 9.95. The first-order valence-electron chi connectivity index (χ1n) is 8.51. The Morgan fingerprint density at radius 3 is 2.19 bits per heavy atom. The van der Waals surface area contributed by atoms with Crippen molar-refractivity contribution in [3.63, 3.8) is 0 Å². The Balaban J connectivity index is 1.96. The molecule has 1 fully saturated rings. The predicted molar refractivity (Wildman–Crippen MR) is 96.5 cm³/mol. The number of halogens is 1. The first kappa shape index (κ1) is 18.4. The monoisotopic (exact) mass is 376 g/mol. The molecule has 0 N–H and O–H groups in total. The fourth-order valence-corrected chi connectivity index (χ4v) is 4.29. The molecule has 0 aliphatic carbocycles. The summed E-state index contributed by atoms with van der Waals surface area (Å²) in [6.45, 7) is 2.82. The van der Waals surface area contributed by atoms with E-state index in [-0.39, 0.29) is 11.4 Å². The minimum Gasteiger partial charge on any atom is -0.324 e. The van der Waals surface area contributed by atoms with Gasteiger partial charge in [0, 0.05) is 13.1 Å². The summed E-state index contributed by atoms with van der Waals surface area (Å²) < 4.78 is 40.3. The third-order valence-corrected chi connectivity index (χ3v) is 6.17. The van der Waals surface area contributed by atoms with E-state index < -0.39 is 21.9 Å². The molecule has 138 valence electrons. The second-order valence-corrected chi connectivity index (χ2v) is 8.29. The molecule has 2 aromatic carbocycles. The van der Waals surface area contributed by atoms with Crippen molar-refractivity contribution in [1.82, 2.24) is 9.21 Å². The van der Waals surface area contributed by atoms with Crippen molar-refractivity contribution in [1.29, 1.82) is 0 Å². The molecular formula is C19H21FN2O3S. The van der Waals surface area contributed by atoms with Gasteiger partial charge in [-0.05, 0) is 49.6 Å². The van der Waals surface area contributed by atoms with Gasteiger partial charge in [-0.15, -0.1) is 0 Å². The molecule has 0 saturated carbocycles. The van der Waals surface area contributed by atoms with E-state index in [0.717, 1.165) is 22.7 Å². The highest BCUT2D eigenvalue weighted by Crippen LogP contribution is 2.22. The summed E-state index contributed by atoms with van der Waals surface area (Å²) in [7, 11) is -4.01. The van der Waals surface area contributed by atoms with E-state index in [4.69, 9.17) is 0 Å². The Hall–Kier alpha value is -2.41. The lowest BCUT2D eigenvalue weighted by atomic mass is 10.2. The maximum atomic E-state index is 13.2. The smallest absolute Gasteiger partial charge is 0.324 e. The highest BCUT2D eigenvalue weighted by molar-refractivity contribution is 7.89. The average molecular weight is 376 g/mol. The Bertz CT molecular complexity index is 874. The van der Waals surface area contributed by atoms with Gasteiger partial charge in [-0.1, -0.05) is 29.8 Å². The maximum Gasteiger partial charge on any atom is 0.334 e. The van der Waals surface area contributed by atoms with E-state index in [1.54, 1.807) is 17.0 Å². The number of hydrogen-bond acceptors (Lipinski definition) is 3. The lowest BCUT2D eigenvalue weighted by Crippen LogP contribution is -2.44. The molecule has 3 rings (SSSR count). The van der Waals surface area contributed by atoms with Gasteiger partial charge in [0.2, 0.25) is 0 Å². The van der Waals surface area contributed by atoms with Crippen LogP contribution in [0, 0.1) is 12.7 Å². The topological polar surface area (TPSA) is 57.7 Å². The molecule has 1 saturated heterocycles. The summed E-state index contributed by atoms with van der Waals surface area (Å²) in [5.41, 5.74) is 1.48. The Labute approximate surface area is 153 Å². The molecule has 7 heteroatoms. The van der Waals surface area contributed by atoms with Crippen molar-refractivity contribution < 1.29 is 17.6 Å². The minimum atomic E-state index is -4.01. The van der Waals surface area contributed by atoms with Crippen LogP contribution in [0.3, 0.4) is 0 Å². The number of carbonyl (C=O) groups excluding carboxylic acids is 1. The SMILES string of the molecule is Cc1ccc(S(=O)(=O)N(Cc2ccc(F)cc2)C(=O)N2CCCC2)cc1. The lowest BCUT2D eigenvalue weighted by molar-refractivity contribution is 0.187. The number of sulfonamides is 1. The van der Waals surface area contributed by atoms with Crippen LogP contribution in [0.2, 0.25) is 0 Å².